The summed E-state index contributed by atoms with van der Waals surface area (Å²) in [5, 5.41) is 46.1. The predicted molar refractivity (Wildman–Crippen MR) is 207 cm³/mol. The minimum Gasteiger partial charge on any atom is -0.481 e. The molecule has 0 unspecified atom stereocenters. The first kappa shape index (κ1) is 49.9. The van der Waals surface area contributed by atoms with Crippen molar-refractivity contribution in [2.75, 3.05) is 33.8 Å². The number of amides is 5. The molecule has 0 aromatic rings. The molecule has 0 aromatic carbocycles. The molecule has 3 rings (SSSR count). The average Bonchev–Trinajstić information content (AvgIpc) is 3.67. The summed E-state index contributed by atoms with van der Waals surface area (Å²) in [6.45, 7) is 10.6. The van der Waals surface area contributed by atoms with Gasteiger partial charge >= 0.3 is 17.9 Å². The van der Waals surface area contributed by atoms with Gasteiger partial charge in [0.1, 0.15) is 61.6 Å². The van der Waals surface area contributed by atoms with Crippen LogP contribution in [0.2, 0.25) is 0 Å². The van der Waals surface area contributed by atoms with Crippen LogP contribution in [0.3, 0.4) is 0 Å². The standard InChI is InChI=1S/C39H63N5O16/c1-10-20(4)28-36(55)43(9)29(19(2)3)37(56)42(8)21(5)33(52)40-14-13-26(47)58-23(35(54)44-15-11-12-22(44)34(53)41-28)17-39(6,7)60-38-32(51)31(50)30(49)24(59-38)18-57-27(48)16-25(45)46/h19-24,28-32,38,49-51H,10-18H2,1-9H3,(H,40,52)(H,41,53)(H,45,46)/t20-,21-,22-,23+,24+,28-,29-,30+,31-,32+,38-/m0/s1. The Hall–Kier alpha value is -4.44. The molecule has 21 heteroatoms. The Labute approximate surface area is 349 Å². The van der Waals surface area contributed by atoms with E-state index in [0.717, 1.165) is 0 Å². The fourth-order valence-corrected chi connectivity index (χ4v) is 7.39. The van der Waals surface area contributed by atoms with Gasteiger partial charge in [-0.2, -0.15) is 0 Å². The van der Waals surface area contributed by atoms with Crippen molar-refractivity contribution in [3.8, 4) is 0 Å². The predicted octanol–water partition coefficient (Wildman–Crippen LogP) is -1.72. The normalized spacial score (nSPS) is 31.4. The Bertz CT molecular complexity index is 1590. The van der Waals surface area contributed by atoms with Crippen LogP contribution in [0.5, 0.6) is 0 Å². The summed E-state index contributed by atoms with van der Waals surface area (Å²) in [4.78, 5) is 110. The minimum atomic E-state index is -1.88. The minimum absolute atomic E-state index is 0.0785. The molecule has 0 spiro atoms. The van der Waals surface area contributed by atoms with Crippen molar-refractivity contribution in [3.05, 3.63) is 0 Å². The summed E-state index contributed by atoms with van der Waals surface area (Å²) in [5.74, 6) is -7.42. The molecule has 0 saturated carbocycles. The molecule has 21 nitrogen and oxygen atoms in total. The fraction of sp³-hybridized carbons (Fsp3) is 0.795. The molecule has 3 fully saturated rings. The maximum absolute atomic E-state index is 14.4. The molecule has 60 heavy (non-hydrogen) atoms. The molecule has 5 amide bonds. The lowest BCUT2D eigenvalue weighted by molar-refractivity contribution is -0.325. The van der Waals surface area contributed by atoms with E-state index in [1.165, 1.54) is 49.6 Å². The molecule has 0 aromatic heterocycles. The summed E-state index contributed by atoms with van der Waals surface area (Å²) in [5.41, 5.74) is -1.54. The Kier molecular flexibility index (Phi) is 17.8. The second kappa shape index (κ2) is 21.4. The summed E-state index contributed by atoms with van der Waals surface area (Å²) in [7, 11) is 2.89. The first-order valence-corrected chi connectivity index (χ1v) is 20.3. The van der Waals surface area contributed by atoms with Gasteiger partial charge in [0.2, 0.25) is 23.6 Å². The number of rotatable bonds is 11. The van der Waals surface area contributed by atoms with E-state index in [1.807, 2.05) is 6.92 Å². The van der Waals surface area contributed by atoms with Gasteiger partial charge in [0.25, 0.3) is 5.91 Å². The van der Waals surface area contributed by atoms with E-state index >= 15 is 0 Å². The Balaban J connectivity index is 1.97. The number of ether oxygens (including phenoxy) is 4. The highest BCUT2D eigenvalue weighted by molar-refractivity contribution is 5.96. The third-order valence-corrected chi connectivity index (χ3v) is 11.2. The zero-order chi connectivity index (χ0) is 45.4. The molecule has 3 aliphatic heterocycles. The molecule has 0 radical (unpaired) electrons. The van der Waals surface area contributed by atoms with Gasteiger partial charge in [-0.3, -0.25) is 38.4 Å². The number of aliphatic carboxylic acids is 1. The van der Waals surface area contributed by atoms with Gasteiger partial charge in [-0.15, -0.1) is 0 Å². The van der Waals surface area contributed by atoms with Gasteiger partial charge in [0.05, 0.1) is 12.0 Å². The molecule has 11 atom stereocenters. The number of carboxylic acid groups (broad SMARTS) is 1. The fourth-order valence-electron chi connectivity index (χ4n) is 7.39. The molecular weight excluding hydrogens is 794 g/mol. The number of carbonyl (C=O) groups is 8. The van der Waals surface area contributed by atoms with Gasteiger partial charge in [0.15, 0.2) is 12.4 Å². The third-order valence-electron chi connectivity index (χ3n) is 11.2. The second-order valence-electron chi connectivity index (χ2n) is 16.7. The SMILES string of the molecule is CC[C@H](C)[C@@H]1NC(=O)[C@@H]2CCCN2C(=O)[C@@H](CC(C)(C)O[C@@H]2O[C@H](COC(=O)CC(=O)O)[C@@H](O)[C@H](O)[C@H]2O)OC(=O)CCNC(=O)[C@H](C)N(C)C(=O)[C@H](C(C)C)N(C)C1=O. The molecule has 0 aliphatic carbocycles. The van der Waals surface area contributed by atoms with E-state index in [1.54, 1.807) is 20.8 Å². The molecule has 3 heterocycles. The van der Waals surface area contributed by atoms with Gasteiger partial charge in [-0.05, 0) is 45.4 Å². The number of cyclic esters (lactones) is 1. The van der Waals surface area contributed by atoms with Crippen LogP contribution < -0.4 is 10.6 Å². The number of likely N-dealkylation sites (N-methyl/N-ethyl adjacent to an activating group) is 2. The Morgan fingerprint density at radius 3 is 2.18 bits per heavy atom. The first-order valence-electron chi connectivity index (χ1n) is 20.3. The third kappa shape index (κ3) is 12.6. The molecule has 3 aliphatic rings. The molecule has 6 N–H and O–H groups in total. The summed E-state index contributed by atoms with van der Waals surface area (Å²) < 4.78 is 22.2. The lowest BCUT2D eigenvalue weighted by Crippen LogP contribution is -2.61. The largest absolute Gasteiger partial charge is 0.481 e. The monoisotopic (exact) mass is 857 g/mol. The number of carboxylic acids is 1. The zero-order valence-corrected chi connectivity index (χ0v) is 35.8. The van der Waals surface area contributed by atoms with Crippen molar-refractivity contribution in [2.24, 2.45) is 11.8 Å². The Morgan fingerprint density at radius 2 is 1.58 bits per heavy atom. The second-order valence-corrected chi connectivity index (χ2v) is 16.7. The van der Waals surface area contributed by atoms with Crippen molar-refractivity contribution in [1.29, 1.82) is 0 Å². The van der Waals surface area contributed by atoms with Crippen LogP contribution in [0.15, 0.2) is 0 Å². The van der Waals surface area contributed by atoms with Crippen LogP contribution in [0.25, 0.3) is 0 Å². The van der Waals surface area contributed by atoms with Crippen LogP contribution in [0, 0.1) is 11.8 Å². The van der Waals surface area contributed by atoms with Crippen molar-refractivity contribution in [1.82, 2.24) is 25.3 Å². The summed E-state index contributed by atoms with van der Waals surface area (Å²) >= 11 is 0. The number of hydrogen-bond acceptors (Lipinski definition) is 15. The van der Waals surface area contributed by atoms with Gasteiger partial charge in [-0.1, -0.05) is 34.1 Å². The van der Waals surface area contributed by atoms with Crippen LogP contribution in [0.1, 0.15) is 87.0 Å². The van der Waals surface area contributed by atoms with Gasteiger partial charge < -0.3 is 64.7 Å². The molecular formula is C39H63N5O16. The number of carbonyl (C=O) groups excluding carboxylic acids is 7. The maximum atomic E-state index is 14.4. The van der Waals surface area contributed by atoms with Crippen LogP contribution in [-0.2, 0) is 57.3 Å². The van der Waals surface area contributed by atoms with E-state index in [-0.39, 0.29) is 19.5 Å². The molecule has 3 saturated heterocycles. The average molecular weight is 858 g/mol. The topological polar surface area (TPSA) is 288 Å². The number of nitrogens with one attached hydrogen (secondary N) is 2. The van der Waals surface area contributed by atoms with Gasteiger partial charge in [0, 0.05) is 33.6 Å². The number of fused-ring (bicyclic) bond motifs is 1. The summed E-state index contributed by atoms with van der Waals surface area (Å²) in [6, 6.07) is -4.23. The lowest BCUT2D eigenvalue weighted by atomic mass is 9.94. The van der Waals surface area contributed by atoms with Crippen molar-refractivity contribution >= 4 is 47.4 Å². The van der Waals surface area contributed by atoms with Crippen LogP contribution in [-0.4, -0.2) is 183 Å². The van der Waals surface area contributed by atoms with E-state index < -0.39 is 152 Å². The number of nitrogens with zero attached hydrogens (tertiary/aromatic N) is 3. The van der Waals surface area contributed by atoms with Crippen LogP contribution in [0.4, 0.5) is 0 Å². The smallest absolute Gasteiger partial charge is 0.317 e. The van der Waals surface area contributed by atoms with E-state index in [4.69, 9.17) is 24.1 Å². The van der Waals surface area contributed by atoms with E-state index in [0.29, 0.717) is 12.8 Å². The lowest BCUT2D eigenvalue weighted by Gasteiger charge is -2.43. The number of aliphatic hydroxyl groups is 3. The maximum Gasteiger partial charge on any atom is 0.317 e. The quantitative estimate of drug-likeness (QED) is 0.0996. The van der Waals surface area contributed by atoms with E-state index in [2.05, 4.69) is 10.6 Å². The number of aliphatic hydroxyl groups excluding tert-OH is 3. The summed E-state index contributed by atoms with van der Waals surface area (Å²) in [6.07, 6.45) is -11.1. The Morgan fingerprint density at radius 1 is 0.933 bits per heavy atom. The highest BCUT2D eigenvalue weighted by atomic mass is 16.7. The van der Waals surface area contributed by atoms with Gasteiger partial charge in [-0.25, -0.2) is 0 Å². The number of esters is 2. The van der Waals surface area contributed by atoms with Crippen molar-refractivity contribution in [3.63, 3.8) is 0 Å². The number of hydrogen-bond donors (Lipinski definition) is 6. The first-order chi connectivity index (χ1) is 27.9. The van der Waals surface area contributed by atoms with Crippen molar-refractivity contribution in [2.45, 2.75) is 154 Å². The zero-order valence-electron chi connectivity index (χ0n) is 35.8. The van der Waals surface area contributed by atoms with Crippen LogP contribution >= 0.6 is 0 Å². The highest BCUT2D eigenvalue weighted by Gasteiger charge is 2.49. The van der Waals surface area contributed by atoms with Crippen molar-refractivity contribution < 1.29 is 77.7 Å². The molecule has 0 bridgehead atoms. The highest BCUT2D eigenvalue weighted by Crippen LogP contribution is 2.31. The molecule has 340 valence electrons. The van der Waals surface area contributed by atoms with E-state index in [9.17, 15) is 53.7 Å².